The van der Waals surface area contributed by atoms with Gasteiger partial charge in [0.15, 0.2) is 0 Å². The molecule has 1 saturated carbocycles. The second-order valence-electron chi connectivity index (χ2n) is 5.16. The van der Waals surface area contributed by atoms with Crippen LogP contribution in [0.3, 0.4) is 0 Å². The van der Waals surface area contributed by atoms with E-state index in [9.17, 15) is 0 Å². The largest absolute Gasteiger partial charge is 0.396 e. The van der Waals surface area contributed by atoms with E-state index >= 15 is 0 Å². The summed E-state index contributed by atoms with van der Waals surface area (Å²) in [5.74, 6) is 1.36. The third-order valence-electron chi connectivity index (χ3n) is 2.64. The predicted octanol–water partition coefficient (Wildman–Crippen LogP) is 3.44. The number of aliphatic hydroxyl groups is 1. The number of hydrogen-bond acceptors (Lipinski definition) is 1. The first-order valence-electron chi connectivity index (χ1n) is 4.77. The van der Waals surface area contributed by atoms with Crippen molar-refractivity contribution >= 4 is 39.9 Å². The Morgan fingerprint density at radius 3 is 2.15 bits per heavy atom. The van der Waals surface area contributed by atoms with E-state index in [4.69, 9.17) is 5.11 Å². The Kier molecular flexibility index (Phi) is 3.71. The molecular weight excluding hydrogens is 312 g/mol. The molecule has 1 fully saturated rings. The predicted molar refractivity (Wildman–Crippen MR) is 67.4 cm³/mol. The number of halogens is 2. The summed E-state index contributed by atoms with van der Waals surface area (Å²) in [7, 11) is -0.959. The molecule has 0 radical (unpaired) electrons. The molecule has 0 aromatic rings. The van der Waals surface area contributed by atoms with E-state index in [1.807, 2.05) is 0 Å². The summed E-state index contributed by atoms with van der Waals surface area (Å²) in [6.07, 6.45) is 0.922. The Labute approximate surface area is 98.6 Å². The van der Waals surface area contributed by atoms with E-state index in [1.165, 1.54) is 6.04 Å². The van der Waals surface area contributed by atoms with Gasteiger partial charge in [-0.2, -0.15) is 0 Å². The zero-order valence-corrected chi connectivity index (χ0v) is 12.7. The lowest BCUT2D eigenvalue weighted by atomic mass is 10.3. The fourth-order valence-corrected chi connectivity index (χ4v) is 6.25. The van der Waals surface area contributed by atoms with E-state index < -0.39 is 8.07 Å². The maximum absolute atomic E-state index is 8.89. The van der Waals surface area contributed by atoms with Crippen molar-refractivity contribution in [2.24, 2.45) is 11.8 Å². The van der Waals surface area contributed by atoms with Crippen molar-refractivity contribution in [2.45, 2.75) is 35.3 Å². The fourth-order valence-electron chi connectivity index (χ4n) is 1.93. The van der Waals surface area contributed by atoms with E-state index in [-0.39, 0.29) is 3.23 Å². The minimum absolute atomic E-state index is 0.142. The van der Waals surface area contributed by atoms with Gasteiger partial charge in [0.25, 0.3) is 0 Å². The maximum Gasteiger partial charge on any atom is 0.0866 e. The van der Waals surface area contributed by atoms with Gasteiger partial charge in [-0.3, -0.25) is 0 Å². The Morgan fingerprint density at radius 1 is 1.23 bits per heavy atom. The highest BCUT2D eigenvalue weighted by Gasteiger charge is 2.61. The monoisotopic (exact) mass is 328 g/mol. The van der Waals surface area contributed by atoms with Gasteiger partial charge in [-0.05, 0) is 18.3 Å². The van der Waals surface area contributed by atoms with Crippen LogP contribution in [0.15, 0.2) is 0 Å². The summed E-state index contributed by atoms with van der Waals surface area (Å²) in [6, 6.07) is 1.34. The lowest BCUT2D eigenvalue weighted by Gasteiger charge is -2.15. The minimum Gasteiger partial charge on any atom is -0.396 e. The van der Waals surface area contributed by atoms with Crippen molar-refractivity contribution in [3.63, 3.8) is 0 Å². The summed E-state index contributed by atoms with van der Waals surface area (Å²) in [4.78, 5) is 0. The molecule has 13 heavy (non-hydrogen) atoms. The van der Waals surface area contributed by atoms with E-state index in [0.29, 0.717) is 12.5 Å². The molecule has 1 rings (SSSR count). The van der Waals surface area contributed by atoms with Crippen LogP contribution < -0.4 is 0 Å². The highest BCUT2D eigenvalue weighted by Crippen LogP contribution is 2.65. The minimum atomic E-state index is -0.959. The number of alkyl halides is 2. The summed E-state index contributed by atoms with van der Waals surface area (Å²) < 4.78 is 0.142. The van der Waals surface area contributed by atoms with Gasteiger partial charge in [0, 0.05) is 14.7 Å². The fraction of sp³-hybridized carbons (Fsp3) is 1.00. The molecule has 0 aromatic carbocycles. The van der Waals surface area contributed by atoms with Crippen LogP contribution in [0, 0.1) is 11.8 Å². The van der Waals surface area contributed by atoms with Crippen LogP contribution >= 0.6 is 31.9 Å². The molecular formula is C9H18Br2OSi. The first-order chi connectivity index (χ1) is 5.79. The smallest absolute Gasteiger partial charge is 0.0866 e. The van der Waals surface area contributed by atoms with Crippen molar-refractivity contribution in [1.82, 2.24) is 0 Å². The van der Waals surface area contributed by atoms with Gasteiger partial charge in [0.2, 0.25) is 0 Å². The van der Waals surface area contributed by atoms with Crippen LogP contribution in [0.5, 0.6) is 0 Å². The zero-order valence-electron chi connectivity index (χ0n) is 8.48. The summed E-state index contributed by atoms with van der Waals surface area (Å²) in [5, 5.41) is 8.89. The molecule has 78 valence electrons. The first kappa shape index (κ1) is 12.2. The quantitative estimate of drug-likeness (QED) is 0.618. The van der Waals surface area contributed by atoms with Gasteiger partial charge in [0.05, 0.1) is 3.23 Å². The van der Waals surface area contributed by atoms with Crippen molar-refractivity contribution in [1.29, 1.82) is 0 Å². The Hall–Kier alpha value is 1.14. The van der Waals surface area contributed by atoms with Crippen molar-refractivity contribution in [2.75, 3.05) is 6.61 Å². The van der Waals surface area contributed by atoms with Crippen LogP contribution in [0.25, 0.3) is 0 Å². The van der Waals surface area contributed by atoms with Crippen LogP contribution in [0.4, 0.5) is 0 Å². The molecule has 1 nitrogen and oxygen atoms in total. The molecule has 0 amide bonds. The average molecular weight is 330 g/mol. The Balaban J connectivity index is 2.46. The molecule has 1 aliphatic carbocycles. The zero-order chi connectivity index (χ0) is 10.3. The molecule has 0 aliphatic heterocycles. The molecule has 0 saturated heterocycles. The van der Waals surface area contributed by atoms with Gasteiger partial charge < -0.3 is 5.11 Å². The molecule has 2 atom stereocenters. The SMILES string of the molecule is C[Si](C)(C)C[C@H]1[C@@H](CCO)C1(Br)Br. The van der Waals surface area contributed by atoms with Crippen molar-refractivity contribution in [3.8, 4) is 0 Å². The molecule has 1 N–H and O–H groups in total. The van der Waals surface area contributed by atoms with Gasteiger partial charge >= 0.3 is 0 Å². The van der Waals surface area contributed by atoms with E-state index in [1.54, 1.807) is 0 Å². The molecule has 0 unspecified atom stereocenters. The molecule has 0 heterocycles. The molecule has 0 aromatic heterocycles. The van der Waals surface area contributed by atoms with Crippen molar-refractivity contribution in [3.05, 3.63) is 0 Å². The first-order valence-corrected chi connectivity index (χ1v) is 10.1. The third kappa shape index (κ3) is 3.04. The summed E-state index contributed by atoms with van der Waals surface area (Å²) in [6.45, 7) is 7.51. The van der Waals surface area contributed by atoms with Gasteiger partial charge in [-0.1, -0.05) is 57.5 Å². The highest BCUT2D eigenvalue weighted by atomic mass is 79.9. The normalized spacial score (nSPS) is 31.8. The Morgan fingerprint density at radius 2 is 1.77 bits per heavy atom. The topological polar surface area (TPSA) is 20.2 Å². The number of hydrogen-bond donors (Lipinski definition) is 1. The van der Waals surface area contributed by atoms with E-state index in [2.05, 4.69) is 51.5 Å². The average Bonchev–Trinajstić information content (AvgIpc) is 2.36. The lowest BCUT2D eigenvalue weighted by Crippen LogP contribution is -2.21. The second-order valence-corrected chi connectivity index (χ2v) is 14.4. The third-order valence-corrected chi connectivity index (χ3v) is 6.65. The Bertz CT molecular complexity index is 189. The van der Waals surface area contributed by atoms with E-state index in [0.717, 1.165) is 12.3 Å². The van der Waals surface area contributed by atoms with Crippen LogP contribution in [-0.4, -0.2) is 23.0 Å². The maximum atomic E-state index is 8.89. The van der Waals surface area contributed by atoms with Gasteiger partial charge in [-0.15, -0.1) is 0 Å². The molecule has 4 heteroatoms. The number of aliphatic hydroxyl groups excluding tert-OH is 1. The van der Waals surface area contributed by atoms with Crippen LogP contribution in [-0.2, 0) is 0 Å². The molecule has 0 bridgehead atoms. The number of rotatable bonds is 4. The summed E-state index contributed by atoms with van der Waals surface area (Å²) in [5.41, 5.74) is 0. The van der Waals surface area contributed by atoms with Crippen LogP contribution in [0.2, 0.25) is 25.7 Å². The highest BCUT2D eigenvalue weighted by molar-refractivity contribution is 9.25. The van der Waals surface area contributed by atoms with Crippen LogP contribution in [0.1, 0.15) is 6.42 Å². The van der Waals surface area contributed by atoms with Gasteiger partial charge in [-0.25, -0.2) is 0 Å². The second kappa shape index (κ2) is 3.95. The van der Waals surface area contributed by atoms with Crippen molar-refractivity contribution < 1.29 is 5.11 Å². The molecule has 1 aliphatic rings. The standard InChI is InChI=1S/C9H18Br2OSi/c1-13(2,3)6-8-7(4-5-12)9(8,10)11/h7-8,12H,4-6H2,1-3H3/t7-,8+/m1/s1. The molecule has 0 spiro atoms. The lowest BCUT2D eigenvalue weighted by molar-refractivity contribution is 0.277. The summed E-state index contributed by atoms with van der Waals surface area (Å²) >= 11 is 7.40. The van der Waals surface area contributed by atoms with Gasteiger partial charge in [0.1, 0.15) is 0 Å².